The second-order valence-electron chi connectivity index (χ2n) is 7.90. The average molecular weight is 323 g/mol. The Morgan fingerprint density at radius 1 is 0.739 bits per heavy atom. The highest BCUT2D eigenvalue weighted by Crippen LogP contribution is 2.35. The number of Topliss-reactive ketones (excluding diaryl/α,β-unsaturated/α-hetero) is 1. The topological polar surface area (TPSA) is 17.1 Å². The lowest BCUT2D eigenvalue weighted by Gasteiger charge is -2.30. The van der Waals surface area contributed by atoms with E-state index in [-0.39, 0.29) is 0 Å². The molecule has 1 heteroatoms. The lowest BCUT2D eigenvalue weighted by Crippen LogP contribution is -2.22. The van der Waals surface area contributed by atoms with Crippen molar-refractivity contribution in [3.8, 4) is 0 Å². The molecule has 1 aliphatic carbocycles. The summed E-state index contributed by atoms with van der Waals surface area (Å²) >= 11 is 0. The van der Waals surface area contributed by atoms with Crippen molar-refractivity contribution in [2.45, 2.75) is 123 Å². The van der Waals surface area contributed by atoms with Crippen LogP contribution in [0.25, 0.3) is 0 Å². The van der Waals surface area contributed by atoms with E-state index in [2.05, 4.69) is 13.8 Å². The highest BCUT2D eigenvalue weighted by atomic mass is 16.1. The zero-order valence-corrected chi connectivity index (χ0v) is 16.1. The summed E-state index contributed by atoms with van der Waals surface area (Å²) in [5, 5.41) is 0. The summed E-state index contributed by atoms with van der Waals surface area (Å²) in [6.07, 6.45) is 22.4. The maximum Gasteiger partial charge on any atom is 0.132 e. The van der Waals surface area contributed by atoms with Gasteiger partial charge in [0.1, 0.15) is 5.78 Å². The van der Waals surface area contributed by atoms with Gasteiger partial charge in [-0.05, 0) is 24.7 Å². The van der Waals surface area contributed by atoms with Gasteiger partial charge < -0.3 is 0 Å². The van der Waals surface area contributed by atoms with Crippen LogP contribution in [0.1, 0.15) is 123 Å². The fourth-order valence-electron chi connectivity index (χ4n) is 4.25. The number of unbranched alkanes of at least 4 members (excludes halogenated alkanes) is 9. The maximum atomic E-state index is 11.5. The molecule has 0 N–H and O–H groups in total. The summed E-state index contributed by atoms with van der Waals surface area (Å²) in [4.78, 5) is 11.5. The molecule has 1 nitrogen and oxygen atoms in total. The molecule has 1 saturated carbocycles. The van der Waals surface area contributed by atoms with Gasteiger partial charge in [-0.1, -0.05) is 97.3 Å². The van der Waals surface area contributed by atoms with E-state index in [1.807, 2.05) is 0 Å². The van der Waals surface area contributed by atoms with Crippen LogP contribution in [0.4, 0.5) is 0 Å². The van der Waals surface area contributed by atoms with Crippen molar-refractivity contribution in [2.24, 2.45) is 11.8 Å². The van der Waals surface area contributed by atoms with E-state index in [9.17, 15) is 4.79 Å². The highest BCUT2D eigenvalue weighted by molar-refractivity contribution is 5.79. The third-order valence-corrected chi connectivity index (χ3v) is 5.86. The van der Waals surface area contributed by atoms with Crippen LogP contribution in [0.2, 0.25) is 0 Å². The lowest BCUT2D eigenvalue weighted by molar-refractivity contribution is -0.121. The fourth-order valence-corrected chi connectivity index (χ4v) is 4.25. The zero-order valence-electron chi connectivity index (χ0n) is 16.1. The molecular formula is C22H42O. The first-order chi connectivity index (χ1) is 11.3. The summed E-state index contributed by atoms with van der Waals surface area (Å²) in [6, 6.07) is 0. The summed E-state index contributed by atoms with van der Waals surface area (Å²) < 4.78 is 0. The van der Waals surface area contributed by atoms with Crippen LogP contribution in [0, 0.1) is 11.8 Å². The Balaban J connectivity index is 2.25. The molecule has 1 aliphatic rings. The lowest BCUT2D eigenvalue weighted by atomic mass is 9.75. The number of ketones is 1. The van der Waals surface area contributed by atoms with Gasteiger partial charge in [-0.25, -0.2) is 0 Å². The summed E-state index contributed by atoms with van der Waals surface area (Å²) in [5.41, 5.74) is 0. The van der Waals surface area contributed by atoms with E-state index < -0.39 is 0 Å². The molecule has 0 aromatic carbocycles. The van der Waals surface area contributed by atoms with Gasteiger partial charge in [0, 0.05) is 12.8 Å². The average Bonchev–Trinajstić information content (AvgIpc) is 2.57. The third kappa shape index (κ3) is 10.2. The van der Waals surface area contributed by atoms with E-state index in [4.69, 9.17) is 0 Å². The van der Waals surface area contributed by atoms with Gasteiger partial charge in [0.05, 0.1) is 0 Å². The van der Waals surface area contributed by atoms with Gasteiger partial charge in [0.15, 0.2) is 0 Å². The third-order valence-electron chi connectivity index (χ3n) is 5.86. The molecule has 0 heterocycles. The smallest absolute Gasteiger partial charge is 0.132 e. The van der Waals surface area contributed by atoms with Crippen LogP contribution in [0.15, 0.2) is 0 Å². The predicted molar refractivity (Wildman–Crippen MR) is 102 cm³/mol. The number of rotatable bonds is 14. The standard InChI is InChI=1S/C22H42O/c1-3-5-7-9-11-13-15-20(14-12-10-8-6-4-2)21-16-18-22(23)19-17-21/h20-21H,3-19H2,1-2H3. The first-order valence-corrected chi connectivity index (χ1v) is 10.8. The fraction of sp³-hybridized carbons (Fsp3) is 0.955. The summed E-state index contributed by atoms with van der Waals surface area (Å²) in [6.45, 7) is 4.58. The molecule has 0 radical (unpaired) electrons. The molecule has 0 aliphatic heterocycles. The van der Waals surface area contributed by atoms with Gasteiger partial charge in [0.25, 0.3) is 0 Å². The molecule has 1 atom stereocenters. The van der Waals surface area contributed by atoms with Crippen LogP contribution in [0.3, 0.4) is 0 Å². The Labute approximate surface area is 146 Å². The van der Waals surface area contributed by atoms with Gasteiger partial charge in [-0.2, -0.15) is 0 Å². The van der Waals surface area contributed by atoms with Crippen LogP contribution >= 0.6 is 0 Å². The van der Waals surface area contributed by atoms with E-state index in [1.54, 1.807) is 0 Å². The summed E-state index contributed by atoms with van der Waals surface area (Å²) in [5.74, 6) is 2.29. The Bertz CT molecular complexity index is 274. The molecular weight excluding hydrogens is 280 g/mol. The van der Waals surface area contributed by atoms with Gasteiger partial charge in [-0.3, -0.25) is 4.79 Å². The summed E-state index contributed by atoms with van der Waals surface area (Å²) in [7, 11) is 0. The first kappa shape index (κ1) is 20.7. The Morgan fingerprint density at radius 2 is 1.17 bits per heavy atom. The minimum absolute atomic E-state index is 0.516. The van der Waals surface area contributed by atoms with Crippen LogP contribution in [-0.4, -0.2) is 5.78 Å². The molecule has 1 rings (SSSR count). The van der Waals surface area contributed by atoms with E-state index >= 15 is 0 Å². The van der Waals surface area contributed by atoms with E-state index in [0.29, 0.717) is 5.78 Å². The molecule has 0 amide bonds. The molecule has 1 fully saturated rings. The quantitative estimate of drug-likeness (QED) is 0.303. The van der Waals surface area contributed by atoms with Gasteiger partial charge >= 0.3 is 0 Å². The number of hydrogen-bond donors (Lipinski definition) is 0. The zero-order chi connectivity index (χ0) is 16.8. The Hall–Kier alpha value is -0.330. The normalized spacial score (nSPS) is 17.6. The number of hydrogen-bond acceptors (Lipinski definition) is 1. The van der Waals surface area contributed by atoms with Gasteiger partial charge in [-0.15, -0.1) is 0 Å². The number of carbonyl (C=O) groups is 1. The van der Waals surface area contributed by atoms with Crippen molar-refractivity contribution < 1.29 is 4.79 Å². The Kier molecular flexibility index (Phi) is 12.7. The molecule has 23 heavy (non-hydrogen) atoms. The second kappa shape index (κ2) is 14.1. The highest BCUT2D eigenvalue weighted by Gasteiger charge is 2.25. The minimum Gasteiger partial charge on any atom is -0.300 e. The maximum absolute atomic E-state index is 11.5. The van der Waals surface area contributed by atoms with Crippen molar-refractivity contribution in [2.75, 3.05) is 0 Å². The number of carbonyl (C=O) groups excluding carboxylic acids is 1. The first-order valence-electron chi connectivity index (χ1n) is 10.8. The SMILES string of the molecule is CCCCCCCCC(CCCCCCC)C1CCC(=O)CC1. The molecule has 1 unspecified atom stereocenters. The van der Waals surface area contributed by atoms with Crippen molar-refractivity contribution in [3.63, 3.8) is 0 Å². The predicted octanol–water partition coefficient (Wildman–Crippen LogP) is 7.47. The minimum atomic E-state index is 0.516. The molecule has 0 aromatic heterocycles. The van der Waals surface area contributed by atoms with E-state index in [0.717, 1.165) is 24.7 Å². The molecule has 136 valence electrons. The van der Waals surface area contributed by atoms with Crippen LogP contribution in [0.5, 0.6) is 0 Å². The molecule has 0 bridgehead atoms. The van der Waals surface area contributed by atoms with E-state index in [1.165, 1.54) is 96.3 Å². The second-order valence-corrected chi connectivity index (χ2v) is 7.90. The van der Waals surface area contributed by atoms with Gasteiger partial charge in [0.2, 0.25) is 0 Å². The van der Waals surface area contributed by atoms with Crippen molar-refractivity contribution in [3.05, 3.63) is 0 Å². The molecule has 0 aromatic rings. The largest absolute Gasteiger partial charge is 0.300 e. The van der Waals surface area contributed by atoms with Crippen LogP contribution < -0.4 is 0 Å². The molecule has 0 spiro atoms. The van der Waals surface area contributed by atoms with Crippen LogP contribution in [-0.2, 0) is 4.79 Å². The van der Waals surface area contributed by atoms with Crippen molar-refractivity contribution in [1.29, 1.82) is 0 Å². The molecule has 0 saturated heterocycles. The Morgan fingerprint density at radius 3 is 1.65 bits per heavy atom. The van der Waals surface area contributed by atoms with Crippen molar-refractivity contribution in [1.82, 2.24) is 0 Å². The van der Waals surface area contributed by atoms with Crippen molar-refractivity contribution >= 4 is 5.78 Å². The monoisotopic (exact) mass is 322 g/mol.